The molecule has 3 aromatic rings. The fourth-order valence-corrected chi connectivity index (χ4v) is 6.48. The fourth-order valence-electron chi connectivity index (χ4n) is 4.46. The number of hydrogen-bond donors (Lipinski definition) is 1. The minimum absolute atomic E-state index is 0.163. The molecule has 0 radical (unpaired) electrons. The maximum Gasteiger partial charge on any atom is 0.235 e. The maximum absolute atomic E-state index is 12.8. The lowest BCUT2D eigenvalue weighted by molar-refractivity contribution is -0.113. The number of nitrogens with one attached hydrogen (secondary N) is 1. The number of thiophene rings is 1. The van der Waals surface area contributed by atoms with Gasteiger partial charge < -0.3 is 19.4 Å². The van der Waals surface area contributed by atoms with E-state index in [0.29, 0.717) is 39.0 Å². The van der Waals surface area contributed by atoms with Crippen LogP contribution in [0.1, 0.15) is 54.6 Å². The SMILES string of the molecule is COc1cc(C)ccc1OCc1nnc(SCC(=O)Nc2sc3c(c2C#N)CC[C@H](C(C)(C)C)C3)n1C. The molecule has 1 atom stereocenters. The largest absolute Gasteiger partial charge is 0.493 e. The maximum atomic E-state index is 12.8. The van der Waals surface area contributed by atoms with Gasteiger partial charge in [-0.15, -0.1) is 21.5 Å². The van der Waals surface area contributed by atoms with E-state index in [0.717, 1.165) is 30.4 Å². The predicted molar refractivity (Wildman–Crippen MR) is 146 cm³/mol. The number of fused-ring (bicyclic) bond motifs is 1. The van der Waals surface area contributed by atoms with Crippen LogP contribution in [0.4, 0.5) is 5.00 Å². The zero-order valence-corrected chi connectivity index (χ0v) is 23.8. The van der Waals surface area contributed by atoms with E-state index in [1.54, 1.807) is 18.4 Å². The van der Waals surface area contributed by atoms with Crippen molar-refractivity contribution in [2.24, 2.45) is 18.4 Å². The number of nitriles is 1. The Kier molecular flexibility index (Phi) is 8.14. The van der Waals surface area contributed by atoms with E-state index >= 15 is 0 Å². The average Bonchev–Trinajstić information content (AvgIpc) is 3.39. The number of amides is 1. The third kappa shape index (κ3) is 6.11. The van der Waals surface area contributed by atoms with Crippen molar-refractivity contribution < 1.29 is 14.3 Å². The van der Waals surface area contributed by atoms with Gasteiger partial charge in [-0.2, -0.15) is 5.26 Å². The lowest BCUT2D eigenvalue weighted by Gasteiger charge is -2.33. The number of rotatable bonds is 8. The van der Waals surface area contributed by atoms with Crippen molar-refractivity contribution in [1.82, 2.24) is 14.8 Å². The molecule has 0 aliphatic heterocycles. The molecular weight excluding hydrogens is 506 g/mol. The number of carbonyl (C=O) groups is 1. The summed E-state index contributed by atoms with van der Waals surface area (Å²) in [6.07, 6.45) is 2.92. The first-order chi connectivity index (χ1) is 17.6. The van der Waals surface area contributed by atoms with Crippen LogP contribution in [0.15, 0.2) is 23.4 Å². The van der Waals surface area contributed by atoms with Crippen molar-refractivity contribution >= 4 is 34.0 Å². The molecule has 4 rings (SSSR count). The first-order valence-electron chi connectivity index (χ1n) is 12.2. The number of carbonyl (C=O) groups excluding carboxylic acids is 1. The molecule has 2 heterocycles. The zero-order valence-electron chi connectivity index (χ0n) is 22.2. The van der Waals surface area contributed by atoms with E-state index in [2.05, 4.69) is 42.4 Å². The smallest absolute Gasteiger partial charge is 0.235 e. The van der Waals surface area contributed by atoms with Crippen LogP contribution in [-0.4, -0.2) is 33.5 Å². The van der Waals surface area contributed by atoms with Crippen molar-refractivity contribution in [2.75, 3.05) is 18.2 Å². The van der Waals surface area contributed by atoms with Gasteiger partial charge in [0.05, 0.1) is 18.4 Å². The number of methoxy groups -OCH3 is 1. The molecule has 8 nitrogen and oxygen atoms in total. The molecule has 0 unspecified atom stereocenters. The van der Waals surface area contributed by atoms with E-state index in [1.807, 2.05) is 36.7 Å². The predicted octanol–water partition coefficient (Wildman–Crippen LogP) is 5.53. The zero-order chi connectivity index (χ0) is 26.7. The quantitative estimate of drug-likeness (QED) is 0.376. The van der Waals surface area contributed by atoms with Crippen molar-refractivity contribution in [2.45, 2.75) is 58.7 Å². The average molecular weight is 540 g/mol. The van der Waals surface area contributed by atoms with Gasteiger partial charge in [0.1, 0.15) is 17.7 Å². The number of benzene rings is 1. The second kappa shape index (κ2) is 11.2. The number of ether oxygens (including phenoxy) is 2. The summed E-state index contributed by atoms with van der Waals surface area (Å²) in [5.41, 5.74) is 3.04. The fraction of sp³-hybridized carbons (Fsp3) is 0.481. The molecule has 0 saturated heterocycles. The Labute approximate surface area is 226 Å². The third-order valence-electron chi connectivity index (χ3n) is 6.79. The van der Waals surface area contributed by atoms with E-state index in [-0.39, 0.29) is 23.7 Å². The Balaban J connectivity index is 1.36. The van der Waals surface area contributed by atoms with Crippen LogP contribution < -0.4 is 14.8 Å². The van der Waals surface area contributed by atoms with E-state index in [1.165, 1.54) is 16.6 Å². The van der Waals surface area contributed by atoms with Gasteiger partial charge in [-0.3, -0.25) is 4.79 Å². The summed E-state index contributed by atoms with van der Waals surface area (Å²) in [6, 6.07) is 8.06. The van der Waals surface area contributed by atoms with Crippen molar-refractivity contribution in [1.29, 1.82) is 5.26 Å². The van der Waals surface area contributed by atoms with Crippen LogP contribution in [0, 0.1) is 29.6 Å². The third-order valence-corrected chi connectivity index (χ3v) is 8.98. The molecule has 0 spiro atoms. The van der Waals surface area contributed by atoms with Crippen LogP contribution in [0.5, 0.6) is 11.5 Å². The summed E-state index contributed by atoms with van der Waals surface area (Å²) in [4.78, 5) is 14.0. The van der Waals surface area contributed by atoms with Gasteiger partial charge in [-0.25, -0.2) is 0 Å². The Hall–Kier alpha value is -3.03. The van der Waals surface area contributed by atoms with E-state index in [9.17, 15) is 10.1 Å². The highest BCUT2D eigenvalue weighted by Gasteiger charge is 2.32. The Bertz CT molecular complexity index is 1330. The second-order valence-electron chi connectivity index (χ2n) is 10.4. The Morgan fingerprint density at radius 1 is 1.32 bits per heavy atom. The summed E-state index contributed by atoms with van der Waals surface area (Å²) in [7, 11) is 3.45. The molecule has 1 N–H and O–H groups in total. The first kappa shape index (κ1) is 27.0. The molecule has 1 aliphatic rings. The Morgan fingerprint density at radius 3 is 2.81 bits per heavy atom. The lowest BCUT2D eigenvalue weighted by atomic mass is 9.72. The van der Waals surface area contributed by atoms with Crippen molar-refractivity contribution in [3.8, 4) is 17.6 Å². The molecule has 0 bridgehead atoms. The molecule has 1 aliphatic carbocycles. The van der Waals surface area contributed by atoms with Gasteiger partial charge in [0.25, 0.3) is 0 Å². The minimum atomic E-state index is -0.169. The van der Waals surface area contributed by atoms with Crippen LogP contribution in [0.3, 0.4) is 0 Å². The van der Waals surface area contributed by atoms with Crippen molar-refractivity contribution in [3.05, 3.63) is 45.6 Å². The molecule has 0 saturated carbocycles. The van der Waals surface area contributed by atoms with Crippen molar-refractivity contribution in [3.63, 3.8) is 0 Å². The first-order valence-corrected chi connectivity index (χ1v) is 14.0. The van der Waals surface area contributed by atoms with Gasteiger partial charge in [0.2, 0.25) is 5.91 Å². The monoisotopic (exact) mass is 539 g/mol. The molecule has 37 heavy (non-hydrogen) atoms. The highest BCUT2D eigenvalue weighted by atomic mass is 32.2. The second-order valence-corrected chi connectivity index (χ2v) is 12.4. The minimum Gasteiger partial charge on any atom is -0.493 e. The number of nitrogens with zero attached hydrogens (tertiary/aromatic N) is 4. The van der Waals surface area contributed by atoms with Crippen LogP contribution >= 0.6 is 23.1 Å². The Morgan fingerprint density at radius 2 is 2.11 bits per heavy atom. The standard InChI is InChI=1S/C27H33N5O3S2/c1-16-7-10-20(21(11-16)34-6)35-14-23-30-31-26(32(23)5)36-15-24(33)29-25-19(13-28)18-9-8-17(27(2,3)4)12-22(18)37-25/h7,10-11,17H,8-9,12,14-15H2,1-6H3,(H,29,33)/t17-/m0/s1. The summed E-state index contributed by atoms with van der Waals surface area (Å²) in [5, 5.41) is 22.5. The highest BCUT2D eigenvalue weighted by molar-refractivity contribution is 7.99. The topological polar surface area (TPSA) is 102 Å². The normalized spacial score (nSPS) is 15.1. The molecule has 10 heteroatoms. The highest BCUT2D eigenvalue weighted by Crippen LogP contribution is 2.44. The van der Waals surface area contributed by atoms with Gasteiger partial charge in [-0.1, -0.05) is 38.6 Å². The summed E-state index contributed by atoms with van der Waals surface area (Å²) >= 11 is 2.85. The van der Waals surface area contributed by atoms with Gasteiger partial charge in [-0.05, 0) is 60.8 Å². The van der Waals surface area contributed by atoms with Gasteiger partial charge >= 0.3 is 0 Å². The van der Waals surface area contributed by atoms with Crippen LogP contribution in [0.25, 0.3) is 0 Å². The van der Waals surface area contributed by atoms with Gasteiger partial charge in [0.15, 0.2) is 22.5 Å². The number of anilines is 1. The van der Waals surface area contributed by atoms with Gasteiger partial charge in [0, 0.05) is 11.9 Å². The van der Waals surface area contributed by atoms with E-state index in [4.69, 9.17) is 9.47 Å². The number of aryl methyl sites for hydroxylation is 1. The number of hydrogen-bond acceptors (Lipinski definition) is 8. The molecule has 196 valence electrons. The van der Waals surface area contributed by atoms with E-state index < -0.39 is 0 Å². The molecule has 1 amide bonds. The molecule has 1 aromatic carbocycles. The molecule has 2 aromatic heterocycles. The summed E-state index contributed by atoms with van der Waals surface area (Å²) in [6.45, 7) is 9.02. The summed E-state index contributed by atoms with van der Waals surface area (Å²) in [5.74, 6) is 2.50. The summed E-state index contributed by atoms with van der Waals surface area (Å²) < 4.78 is 13.1. The molecule has 0 fully saturated rings. The van der Waals surface area contributed by atoms with Crippen LogP contribution in [-0.2, 0) is 31.3 Å². The lowest BCUT2D eigenvalue weighted by Crippen LogP contribution is -2.26. The molecular formula is C27H33N5O3S2. The number of thioether (sulfide) groups is 1. The number of aromatic nitrogens is 3. The van der Waals surface area contributed by atoms with Crippen LogP contribution in [0.2, 0.25) is 0 Å².